The van der Waals surface area contributed by atoms with Gasteiger partial charge in [-0.25, -0.2) is 0 Å². The summed E-state index contributed by atoms with van der Waals surface area (Å²) in [4.78, 5) is 2.29. The number of rotatable bonds is 2. The lowest BCUT2D eigenvalue weighted by Crippen LogP contribution is -2.52. The molecule has 1 aliphatic heterocycles. The zero-order chi connectivity index (χ0) is 11.6. The molecule has 1 heterocycles. The molecule has 0 saturated carbocycles. The van der Waals surface area contributed by atoms with Crippen LogP contribution >= 0.6 is 0 Å². The summed E-state index contributed by atoms with van der Waals surface area (Å²) in [5, 5.41) is 0. The van der Waals surface area contributed by atoms with E-state index < -0.39 is 11.2 Å². The van der Waals surface area contributed by atoms with Crippen molar-refractivity contribution in [3.8, 4) is 0 Å². The Kier molecular flexibility index (Phi) is 3.57. The Morgan fingerprint density at radius 1 is 1.38 bits per heavy atom. The second kappa shape index (κ2) is 4.78. The first-order valence-corrected chi connectivity index (χ1v) is 7.13. The summed E-state index contributed by atoms with van der Waals surface area (Å²) in [6.07, 6.45) is 0.938. The van der Waals surface area contributed by atoms with Gasteiger partial charge in [0.25, 0.3) is 0 Å². The fourth-order valence-electron chi connectivity index (χ4n) is 2.46. The molecule has 3 heteroatoms. The van der Waals surface area contributed by atoms with E-state index in [1.54, 1.807) is 0 Å². The van der Waals surface area contributed by atoms with Gasteiger partial charge in [0.2, 0.25) is 0 Å². The molecule has 0 amide bonds. The maximum Gasteiger partial charge on any atom is 0.162 e. The quantitative estimate of drug-likeness (QED) is 0.735. The topological polar surface area (TPSA) is 26.3 Å². The average Bonchev–Trinajstić information content (AvgIpc) is 2.33. The number of nitrogens with zero attached hydrogens (tertiary/aromatic N) is 1. The smallest absolute Gasteiger partial charge is 0.162 e. The van der Waals surface area contributed by atoms with Gasteiger partial charge >= 0.3 is 0 Å². The van der Waals surface area contributed by atoms with Crippen LogP contribution in [0.25, 0.3) is 0 Å². The molecule has 1 fully saturated rings. The van der Waals surface area contributed by atoms with Crippen molar-refractivity contribution in [3.63, 3.8) is 0 Å². The van der Waals surface area contributed by atoms with Crippen LogP contribution in [-0.2, 0) is 15.9 Å². The second-order valence-electron chi connectivity index (χ2n) is 4.50. The van der Waals surface area contributed by atoms with Crippen LogP contribution in [0.5, 0.6) is 0 Å². The maximum atomic E-state index is 12.4. The van der Waals surface area contributed by atoms with E-state index in [4.69, 9.17) is 0 Å². The molecule has 0 N–H and O–H groups in total. The van der Waals surface area contributed by atoms with Crippen molar-refractivity contribution in [1.29, 1.82) is 0 Å². The number of benzene rings is 1. The molecule has 0 aromatic heterocycles. The molecule has 2 nitrogen and oxygen atoms in total. The molecule has 1 saturated heterocycles. The van der Waals surface area contributed by atoms with Crippen molar-refractivity contribution in [1.82, 2.24) is 4.90 Å². The minimum Gasteiger partial charge on any atom is -0.616 e. The Morgan fingerprint density at radius 2 is 2.06 bits per heavy atom. The van der Waals surface area contributed by atoms with Gasteiger partial charge in [0.15, 0.2) is 4.75 Å². The van der Waals surface area contributed by atoms with Crippen molar-refractivity contribution in [2.24, 2.45) is 0 Å². The van der Waals surface area contributed by atoms with Crippen LogP contribution < -0.4 is 0 Å². The molecule has 1 aliphatic rings. The minimum absolute atomic E-state index is 0.158. The van der Waals surface area contributed by atoms with E-state index in [1.165, 1.54) is 5.56 Å². The van der Waals surface area contributed by atoms with Crippen LogP contribution in [0.4, 0.5) is 0 Å². The third-order valence-electron chi connectivity index (χ3n) is 3.49. The first-order chi connectivity index (χ1) is 7.69. The first-order valence-electron chi connectivity index (χ1n) is 5.81. The molecule has 88 valence electrons. The van der Waals surface area contributed by atoms with Gasteiger partial charge in [0, 0.05) is 18.5 Å². The Bertz CT molecular complexity index is 343. The third kappa shape index (κ3) is 1.99. The highest BCUT2D eigenvalue weighted by atomic mass is 32.2. The number of likely N-dealkylation sites (N-methyl/N-ethyl adjacent to an activating group) is 1. The molecule has 16 heavy (non-hydrogen) atoms. The van der Waals surface area contributed by atoms with Crippen molar-refractivity contribution in [2.45, 2.75) is 18.1 Å². The van der Waals surface area contributed by atoms with E-state index in [2.05, 4.69) is 31.0 Å². The predicted octanol–water partition coefficient (Wildman–Crippen LogP) is 1.99. The normalized spacial score (nSPS) is 31.6. The van der Waals surface area contributed by atoms with Crippen molar-refractivity contribution in [3.05, 3.63) is 35.9 Å². The van der Waals surface area contributed by atoms with Gasteiger partial charge in [-0.15, -0.1) is 0 Å². The average molecular weight is 237 g/mol. The van der Waals surface area contributed by atoms with Gasteiger partial charge in [-0.1, -0.05) is 37.3 Å². The summed E-state index contributed by atoms with van der Waals surface area (Å²) in [6.45, 7) is 3.99. The van der Waals surface area contributed by atoms with Gasteiger partial charge in [-0.3, -0.25) is 4.90 Å². The summed E-state index contributed by atoms with van der Waals surface area (Å²) in [5.41, 5.74) is 1.22. The van der Waals surface area contributed by atoms with E-state index in [0.717, 1.165) is 25.3 Å². The second-order valence-corrected chi connectivity index (χ2v) is 6.38. The van der Waals surface area contributed by atoms with Gasteiger partial charge < -0.3 is 4.55 Å². The first kappa shape index (κ1) is 12.0. The maximum absolute atomic E-state index is 12.4. The summed E-state index contributed by atoms with van der Waals surface area (Å²) in [5.74, 6) is 0.791. The van der Waals surface area contributed by atoms with Gasteiger partial charge in [0.05, 0.1) is 6.54 Å². The van der Waals surface area contributed by atoms with Crippen LogP contribution in [0, 0.1) is 0 Å². The molecule has 2 unspecified atom stereocenters. The predicted molar refractivity (Wildman–Crippen MR) is 68.9 cm³/mol. The summed E-state index contributed by atoms with van der Waals surface area (Å²) >= 11 is -0.750. The molecule has 0 aliphatic carbocycles. The van der Waals surface area contributed by atoms with Crippen LogP contribution in [-0.4, -0.2) is 35.3 Å². The Hall–Kier alpha value is -0.510. The molecule has 0 radical (unpaired) electrons. The Morgan fingerprint density at radius 3 is 2.69 bits per heavy atom. The van der Waals surface area contributed by atoms with E-state index in [1.807, 2.05) is 18.2 Å². The highest BCUT2D eigenvalue weighted by Gasteiger charge is 2.45. The highest BCUT2D eigenvalue weighted by Crippen LogP contribution is 2.37. The Labute approximate surface area is 101 Å². The standard InChI is InChI=1S/C13H19NOS/c1-3-13(12-7-5-4-6-8-12)11-14(2)9-10-16(13)15/h4-8H,3,9-11H2,1-2H3. The van der Waals surface area contributed by atoms with Crippen LogP contribution in [0.3, 0.4) is 0 Å². The monoisotopic (exact) mass is 237 g/mol. The SMILES string of the molecule is CCC1(c2ccccc2)CN(C)CC[S+]1[O-]. The van der Waals surface area contributed by atoms with Gasteiger partial charge in [0.1, 0.15) is 5.75 Å². The lowest BCUT2D eigenvalue weighted by atomic mass is 9.94. The molecular formula is C13H19NOS. The molecule has 1 aromatic carbocycles. The molecule has 0 spiro atoms. The number of hydrogen-bond donors (Lipinski definition) is 0. The zero-order valence-corrected chi connectivity index (χ0v) is 10.8. The van der Waals surface area contributed by atoms with E-state index in [9.17, 15) is 4.55 Å². The molecule has 1 aromatic rings. The van der Waals surface area contributed by atoms with Crippen molar-refractivity contribution < 1.29 is 4.55 Å². The molecule has 0 bridgehead atoms. The highest BCUT2D eigenvalue weighted by molar-refractivity contribution is 7.92. The van der Waals surface area contributed by atoms with Crippen molar-refractivity contribution >= 4 is 11.2 Å². The van der Waals surface area contributed by atoms with Crippen LogP contribution in [0.15, 0.2) is 30.3 Å². The fourth-order valence-corrected chi connectivity index (χ4v) is 4.42. The Balaban J connectivity index is 2.37. The largest absolute Gasteiger partial charge is 0.616 e. The summed E-state index contributed by atoms with van der Waals surface area (Å²) in [6, 6.07) is 10.3. The lowest BCUT2D eigenvalue weighted by molar-refractivity contribution is 0.278. The fraction of sp³-hybridized carbons (Fsp3) is 0.538. The van der Waals surface area contributed by atoms with Gasteiger partial charge in [-0.2, -0.15) is 0 Å². The van der Waals surface area contributed by atoms with E-state index >= 15 is 0 Å². The summed E-state index contributed by atoms with van der Waals surface area (Å²) < 4.78 is 12.2. The van der Waals surface area contributed by atoms with Crippen LogP contribution in [0.2, 0.25) is 0 Å². The van der Waals surface area contributed by atoms with Crippen molar-refractivity contribution in [2.75, 3.05) is 25.9 Å². The number of hydrogen-bond acceptors (Lipinski definition) is 2. The summed E-state index contributed by atoms with van der Waals surface area (Å²) in [7, 11) is 2.11. The zero-order valence-electron chi connectivity index (χ0n) is 9.98. The molecule has 2 atom stereocenters. The lowest BCUT2D eigenvalue weighted by Gasteiger charge is -2.42. The van der Waals surface area contributed by atoms with Gasteiger partial charge in [-0.05, 0) is 18.2 Å². The third-order valence-corrected chi connectivity index (χ3v) is 5.57. The molecule has 2 rings (SSSR count). The van der Waals surface area contributed by atoms with E-state index in [-0.39, 0.29) is 4.75 Å². The van der Waals surface area contributed by atoms with Crippen LogP contribution in [0.1, 0.15) is 18.9 Å². The molecular weight excluding hydrogens is 218 g/mol. The minimum atomic E-state index is -0.750. The van der Waals surface area contributed by atoms with E-state index in [0.29, 0.717) is 0 Å².